The molecule has 1 aromatic carbocycles. The largest absolute Gasteiger partial charge is 0.472 e. The van der Waals surface area contributed by atoms with E-state index < -0.39 is 0 Å². The summed E-state index contributed by atoms with van der Waals surface area (Å²) in [4.78, 5) is 4.64. The number of ether oxygens (including phenoxy) is 2. The summed E-state index contributed by atoms with van der Waals surface area (Å²) in [5, 5.41) is 0. The first kappa shape index (κ1) is 15.8. The fourth-order valence-corrected chi connectivity index (χ4v) is 2.39. The average molecular weight is 287 g/mol. The molecule has 0 aromatic heterocycles. The maximum Gasteiger partial charge on any atom is 0.189 e. The molecule has 0 amide bonds. The van der Waals surface area contributed by atoms with Crippen LogP contribution in [0.2, 0.25) is 0 Å². The highest BCUT2D eigenvalue weighted by Crippen LogP contribution is 2.34. The van der Waals surface area contributed by atoms with Crippen LogP contribution in [0.4, 0.5) is 0 Å². The highest BCUT2D eigenvalue weighted by molar-refractivity contribution is 5.82. The Labute approximate surface area is 127 Å². The zero-order chi connectivity index (χ0) is 15.3. The first-order chi connectivity index (χ1) is 10.0. The van der Waals surface area contributed by atoms with Crippen LogP contribution in [0, 0.1) is 11.3 Å². The van der Waals surface area contributed by atoms with Gasteiger partial charge in [0.1, 0.15) is 6.10 Å². The van der Waals surface area contributed by atoms with Crippen LogP contribution < -0.4 is 0 Å². The summed E-state index contributed by atoms with van der Waals surface area (Å²) in [6.45, 7) is 7.78. The Morgan fingerprint density at radius 2 is 2.00 bits per heavy atom. The summed E-state index contributed by atoms with van der Waals surface area (Å²) in [5.74, 6) is 1.08. The third-order valence-corrected chi connectivity index (χ3v) is 3.49. The van der Waals surface area contributed by atoms with Crippen molar-refractivity contribution in [1.29, 1.82) is 0 Å². The van der Waals surface area contributed by atoms with E-state index in [1.165, 1.54) is 5.56 Å². The SMILES string of the molecule is COC/C=C/C1CN=C(C(C)(C)C)OC1c1ccccc1. The molecule has 2 unspecified atom stereocenters. The van der Waals surface area contributed by atoms with Gasteiger partial charge in [0.2, 0.25) is 0 Å². The molecule has 2 atom stereocenters. The van der Waals surface area contributed by atoms with Gasteiger partial charge in [-0.15, -0.1) is 0 Å². The molecule has 0 saturated carbocycles. The summed E-state index contributed by atoms with van der Waals surface area (Å²) < 4.78 is 11.3. The van der Waals surface area contributed by atoms with Gasteiger partial charge in [-0.2, -0.15) is 0 Å². The minimum absolute atomic E-state index is 0.0195. The first-order valence-electron chi connectivity index (χ1n) is 7.44. The average Bonchev–Trinajstić information content (AvgIpc) is 2.47. The standard InChI is InChI=1S/C18H25NO2/c1-18(2,3)17-19-13-15(11-8-12-20-4)16(21-17)14-9-6-5-7-10-14/h5-11,15-16H,12-13H2,1-4H3/b11-8+. The number of nitrogens with zero attached hydrogens (tertiary/aromatic N) is 1. The lowest BCUT2D eigenvalue weighted by molar-refractivity contribution is 0.111. The van der Waals surface area contributed by atoms with Crippen molar-refractivity contribution in [2.75, 3.05) is 20.3 Å². The molecule has 0 N–H and O–H groups in total. The van der Waals surface area contributed by atoms with Crippen LogP contribution in [0.3, 0.4) is 0 Å². The quantitative estimate of drug-likeness (QED) is 0.783. The van der Waals surface area contributed by atoms with E-state index in [4.69, 9.17) is 9.47 Å². The predicted octanol–water partition coefficient (Wildman–Crippen LogP) is 4.02. The van der Waals surface area contributed by atoms with E-state index in [9.17, 15) is 0 Å². The van der Waals surface area contributed by atoms with Gasteiger partial charge in [0.25, 0.3) is 0 Å². The Morgan fingerprint density at radius 1 is 1.29 bits per heavy atom. The summed E-state index contributed by atoms with van der Waals surface area (Å²) in [5.41, 5.74) is 1.13. The maximum atomic E-state index is 6.24. The molecule has 114 valence electrons. The third kappa shape index (κ3) is 4.18. The molecule has 1 heterocycles. The predicted molar refractivity (Wildman–Crippen MR) is 86.5 cm³/mol. The number of hydrogen-bond acceptors (Lipinski definition) is 3. The van der Waals surface area contributed by atoms with Gasteiger partial charge < -0.3 is 9.47 Å². The number of benzene rings is 1. The molecule has 0 radical (unpaired) electrons. The van der Waals surface area contributed by atoms with Crippen LogP contribution in [-0.2, 0) is 9.47 Å². The second kappa shape index (κ2) is 6.90. The molecule has 21 heavy (non-hydrogen) atoms. The molecule has 3 nitrogen and oxygen atoms in total. The fraction of sp³-hybridized carbons (Fsp3) is 0.500. The van der Waals surface area contributed by atoms with E-state index >= 15 is 0 Å². The maximum absolute atomic E-state index is 6.24. The fourth-order valence-electron chi connectivity index (χ4n) is 2.39. The number of methoxy groups -OCH3 is 1. The van der Waals surface area contributed by atoms with E-state index in [0.717, 1.165) is 12.4 Å². The Bertz CT molecular complexity index is 500. The molecule has 1 aliphatic heterocycles. The van der Waals surface area contributed by atoms with Gasteiger partial charge in [-0.25, -0.2) is 0 Å². The second-order valence-corrected chi connectivity index (χ2v) is 6.39. The minimum Gasteiger partial charge on any atom is -0.472 e. The van der Waals surface area contributed by atoms with Gasteiger partial charge >= 0.3 is 0 Å². The molecule has 1 aliphatic rings. The van der Waals surface area contributed by atoms with Crippen molar-refractivity contribution in [1.82, 2.24) is 0 Å². The minimum atomic E-state index is -0.0613. The number of hydrogen-bond donors (Lipinski definition) is 0. The van der Waals surface area contributed by atoms with E-state index in [-0.39, 0.29) is 17.4 Å². The molecule has 0 bridgehead atoms. The Hall–Kier alpha value is -1.61. The van der Waals surface area contributed by atoms with Crippen LogP contribution in [0.15, 0.2) is 47.5 Å². The van der Waals surface area contributed by atoms with Crippen LogP contribution in [0.5, 0.6) is 0 Å². The van der Waals surface area contributed by atoms with Crippen LogP contribution in [0.1, 0.15) is 32.4 Å². The van der Waals surface area contributed by atoms with E-state index in [0.29, 0.717) is 6.61 Å². The van der Waals surface area contributed by atoms with Crippen molar-refractivity contribution in [2.24, 2.45) is 16.3 Å². The molecule has 0 saturated heterocycles. The molecule has 0 fully saturated rings. The molecule has 1 aromatic rings. The normalized spacial score (nSPS) is 23.0. The zero-order valence-electron chi connectivity index (χ0n) is 13.4. The summed E-state index contributed by atoms with van der Waals surface area (Å²) >= 11 is 0. The van der Waals surface area contributed by atoms with Gasteiger partial charge in [-0.05, 0) is 5.56 Å². The highest BCUT2D eigenvalue weighted by atomic mass is 16.5. The van der Waals surface area contributed by atoms with Crippen molar-refractivity contribution >= 4 is 5.90 Å². The number of rotatable bonds is 4. The molecular weight excluding hydrogens is 262 g/mol. The third-order valence-electron chi connectivity index (χ3n) is 3.49. The van der Waals surface area contributed by atoms with Crippen molar-refractivity contribution in [3.63, 3.8) is 0 Å². The molecule has 3 heteroatoms. The van der Waals surface area contributed by atoms with Crippen molar-refractivity contribution in [2.45, 2.75) is 26.9 Å². The van der Waals surface area contributed by atoms with Crippen molar-refractivity contribution in [3.05, 3.63) is 48.0 Å². The topological polar surface area (TPSA) is 30.8 Å². The van der Waals surface area contributed by atoms with Gasteiger partial charge in [0.05, 0.1) is 13.2 Å². The van der Waals surface area contributed by atoms with Gasteiger partial charge in [0, 0.05) is 18.4 Å². The first-order valence-corrected chi connectivity index (χ1v) is 7.44. The molecule has 2 rings (SSSR count). The van der Waals surface area contributed by atoms with Crippen molar-refractivity contribution in [3.8, 4) is 0 Å². The van der Waals surface area contributed by atoms with Crippen LogP contribution in [0.25, 0.3) is 0 Å². The summed E-state index contributed by atoms with van der Waals surface area (Å²) in [7, 11) is 1.70. The highest BCUT2D eigenvalue weighted by Gasteiger charge is 2.32. The van der Waals surface area contributed by atoms with E-state index in [1.54, 1.807) is 7.11 Å². The van der Waals surface area contributed by atoms with Gasteiger partial charge in [-0.1, -0.05) is 63.3 Å². The van der Waals surface area contributed by atoms with Crippen molar-refractivity contribution < 1.29 is 9.47 Å². The zero-order valence-corrected chi connectivity index (χ0v) is 13.4. The monoisotopic (exact) mass is 287 g/mol. The van der Waals surface area contributed by atoms with Crippen LogP contribution >= 0.6 is 0 Å². The lowest BCUT2D eigenvalue weighted by Crippen LogP contribution is -2.33. The van der Waals surface area contributed by atoms with E-state index in [2.05, 4.69) is 56.1 Å². The number of aliphatic imine (C=N–C) groups is 1. The smallest absolute Gasteiger partial charge is 0.189 e. The summed E-state index contributed by atoms with van der Waals surface area (Å²) in [6.07, 6.45) is 4.22. The summed E-state index contributed by atoms with van der Waals surface area (Å²) in [6, 6.07) is 10.4. The molecular formula is C18H25NO2. The van der Waals surface area contributed by atoms with Crippen LogP contribution in [-0.4, -0.2) is 26.2 Å². The molecule has 0 spiro atoms. The lowest BCUT2D eigenvalue weighted by atomic mass is 9.90. The van der Waals surface area contributed by atoms with Gasteiger partial charge in [-0.3, -0.25) is 4.99 Å². The Kier molecular flexibility index (Phi) is 5.18. The lowest BCUT2D eigenvalue weighted by Gasteiger charge is -2.34. The van der Waals surface area contributed by atoms with Gasteiger partial charge in [0.15, 0.2) is 5.90 Å². The molecule has 0 aliphatic carbocycles. The second-order valence-electron chi connectivity index (χ2n) is 6.39. The Morgan fingerprint density at radius 3 is 2.62 bits per heavy atom. The Balaban J connectivity index is 2.24. The van der Waals surface area contributed by atoms with E-state index in [1.807, 2.05) is 12.1 Å².